The van der Waals surface area contributed by atoms with Gasteiger partial charge < -0.3 is 19.4 Å². The second-order valence-electron chi connectivity index (χ2n) is 6.08. The summed E-state index contributed by atoms with van der Waals surface area (Å²) >= 11 is 0. The van der Waals surface area contributed by atoms with E-state index in [2.05, 4.69) is 9.97 Å². The summed E-state index contributed by atoms with van der Waals surface area (Å²) in [7, 11) is 0. The van der Waals surface area contributed by atoms with Crippen LogP contribution in [0.25, 0.3) is 0 Å². The van der Waals surface area contributed by atoms with Crippen molar-refractivity contribution >= 4 is 17.9 Å². The van der Waals surface area contributed by atoms with Gasteiger partial charge in [-0.1, -0.05) is 25.3 Å². The number of aromatic nitrogens is 2. The van der Waals surface area contributed by atoms with Gasteiger partial charge in [-0.15, -0.1) is 0 Å². The largest absolute Gasteiger partial charge is 0.371 e. The number of hydrogen-bond acceptors (Lipinski definition) is 5. The van der Waals surface area contributed by atoms with E-state index in [1.165, 1.54) is 6.07 Å². The lowest BCUT2D eigenvalue weighted by atomic mass is 10.1. The van der Waals surface area contributed by atoms with Crippen molar-refractivity contribution in [2.24, 2.45) is 0 Å². The highest BCUT2D eigenvalue weighted by molar-refractivity contribution is 5.56. The van der Waals surface area contributed by atoms with Gasteiger partial charge in [-0.2, -0.15) is 0 Å². The van der Waals surface area contributed by atoms with Crippen LogP contribution in [0.1, 0.15) is 39.0 Å². The van der Waals surface area contributed by atoms with Crippen LogP contribution >= 0.6 is 0 Å². The Morgan fingerprint density at radius 3 is 2.77 bits per heavy atom. The number of nitrogens with zero attached hydrogens (tertiary/aromatic N) is 2. The Hall–Kier alpha value is -2.47. The minimum atomic E-state index is -0.278. The zero-order valence-electron chi connectivity index (χ0n) is 15.3. The first kappa shape index (κ1) is 19.8. The molecule has 6 nitrogen and oxygen atoms in total. The molecule has 2 aromatic rings. The topological polar surface area (TPSA) is 75.3 Å². The molecule has 2 heterocycles. The number of rotatable bonds is 12. The highest BCUT2D eigenvalue weighted by Gasteiger charge is 2.11. The van der Waals surface area contributed by atoms with Crippen molar-refractivity contribution < 1.29 is 9.53 Å². The Morgan fingerprint density at radius 2 is 2.08 bits per heavy atom. The van der Waals surface area contributed by atoms with Gasteiger partial charge in [0.1, 0.15) is 24.0 Å². The van der Waals surface area contributed by atoms with E-state index in [1.54, 1.807) is 18.5 Å². The molecule has 1 atom stereocenters. The number of unbranched alkanes of at least 4 members (excludes halogenated alkanes) is 3. The molecule has 0 bridgehead atoms. The van der Waals surface area contributed by atoms with Gasteiger partial charge >= 0.3 is 0 Å². The quantitative estimate of drug-likeness (QED) is 0.465. The Bertz CT molecular complexity index is 703. The van der Waals surface area contributed by atoms with Gasteiger partial charge in [-0.05, 0) is 31.9 Å². The number of ether oxygens (including phenoxy) is 1. The summed E-state index contributed by atoms with van der Waals surface area (Å²) < 4.78 is 5.34. The highest BCUT2D eigenvalue weighted by atomic mass is 16.5. The molecule has 0 radical (unpaired) electrons. The van der Waals surface area contributed by atoms with Crippen molar-refractivity contribution in [3.8, 4) is 0 Å². The third-order valence-corrected chi connectivity index (χ3v) is 4.13. The lowest BCUT2D eigenvalue weighted by molar-refractivity contribution is -0.118. The van der Waals surface area contributed by atoms with E-state index in [0.29, 0.717) is 6.61 Å². The number of carbonyl (C=O) groups excluding carboxylic acids is 1. The van der Waals surface area contributed by atoms with Crippen molar-refractivity contribution in [3.63, 3.8) is 0 Å². The molecule has 1 unspecified atom stereocenters. The number of aromatic amines is 1. The number of carbonyl (C=O) groups is 1. The van der Waals surface area contributed by atoms with Gasteiger partial charge in [0.05, 0.1) is 0 Å². The maximum absolute atomic E-state index is 11.7. The number of nitrogens with one attached hydrogen (secondary N) is 1. The van der Waals surface area contributed by atoms with Crippen LogP contribution in [0.2, 0.25) is 0 Å². The molecule has 2 rings (SSSR count). The van der Waals surface area contributed by atoms with Crippen LogP contribution < -0.4 is 10.3 Å². The van der Waals surface area contributed by atoms with Crippen LogP contribution in [-0.4, -0.2) is 35.5 Å². The van der Waals surface area contributed by atoms with Crippen LogP contribution in [0.15, 0.2) is 47.5 Å². The molecule has 0 saturated heterocycles. The number of pyridine rings is 2. The minimum absolute atomic E-state index is 0.0319. The molecule has 0 spiro atoms. The third kappa shape index (κ3) is 6.44. The first-order valence-corrected chi connectivity index (χ1v) is 9.18. The second kappa shape index (κ2) is 11.2. The summed E-state index contributed by atoms with van der Waals surface area (Å²) in [6.45, 7) is 3.23. The SMILES string of the molecule is CCOC(C=O)CCCCCCN(c1ccccn1)c1cc(=O)cc[nH]1. The smallest absolute Gasteiger partial charge is 0.183 e. The van der Waals surface area contributed by atoms with Crippen molar-refractivity contribution in [2.45, 2.75) is 45.1 Å². The normalized spacial score (nSPS) is 11.9. The molecular weight excluding hydrogens is 330 g/mol. The van der Waals surface area contributed by atoms with Crippen LogP contribution in [0.5, 0.6) is 0 Å². The fraction of sp³-hybridized carbons (Fsp3) is 0.450. The summed E-state index contributed by atoms with van der Waals surface area (Å²) in [5.74, 6) is 1.56. The number of anilines is 2. The Balaban J connectivity index is 1.86. The Kier molecular flexibility index (Phi) is 8.55. The lowest BCUT2D eigenvalue weighted by Crippen LogP contribution is -2.22. The average Bonchev–Trinajstić information content (AvgIpc) is 2.67. The predicted octanol–water partition coefficient (Wildman–Crippen LogP) is 3.46. The number of H-pyrrole nitrogens is 1. The van der Waals surface area contributed by atoms with Crippen LogP contribution in [-0.2, 0) is 9.53 Å². The summed E-state index contributed by atoms with van der Waals surface area (Å²) in [6, 6.07) is 8.83. The van der Waals surface area contributed by atoms with Gasteiger partial charge in [0.2, 0.25) is 0 Å². The van der Waals surface area contributed by atoms with Crippen molar-refractivity contribution in [1.82, 2.24) is 9.97 Å². The Labute approximate surface area is 154 Å². The van der Waals surface area contributed by atoms with Crippen LogP contribution in [0, 0.1) is 0 Å². The van der Waals surface area contributed by atoms with Gasteiger partial charge in [0.15, 0.2) is 5.43 Å². The van der Waals surface area contributed by atoms with E-state index in [4.69, 9.17) is 4.74 Å². The van der Waals surface area contributed by atoms with Crippen molar-refractivity contribution in [1.29, 1.82) is 0 Å². The third-order valence-electron chi connectivity index (χ3n) is 4.13. The van der Waals surface area contributed by atoms with Crippen LogP contribution in [0.3, 0.4) is 0 Å². The molecule has 140 valence electrons. The van der Waals surface area contributed by atoms with Gasteiger partial charge in [-0.3, -0.25) is 4.79 Å². The molecule has 26 heavy (non-hydrogen) atoms. The van der Waals surface area contributed by atoms with E-state index in [9.17, 15) is 9.59 Å². The molecule has 0 aliphatic heterocycles. The van der Waals surface area contributed by atoms with Gasteiger partial charge in [0.25, 0.3) is 0 Å². The number of aldehydes is 1. The monoisotopic (exact) mass is 357 g/mol. The maximum Gasteiger partial charge on any atom is 0.183 e. The summed E-state index contributed by atoms with van der Waals surface area (Å²) in [6.07, 6.45) is 8.79. The summed E-state index contributed by atoms with van der Waals surface area (Å²) in [4.78, 5) is 32.1. The van der Waals surface area contributed by atoms with Crippen molar-refractivity contribution in [3.05, 3.63) is 52.9 Å². The molecule has 0 aliphatic carbocycles. The fourth-order valence-electron chi connectivity index (χ4n) is 2.84. The molecule has 0 fully saturated rings. The van der Waals surface area contributed by atoms with Crippen molar-refractivity contribution in [2.75, 3.05) is 18.1 Å². The average molecular weight is 357 g/mol. The first-order chi connectivity index (χ1) is 12.7. The molecule has 0 amide bonds. The molecule has 6 heteroatoms. The van der Waals surface area contributed by atoms with Crippen LogP contribution in [0.4, 0.5) is 11.6 Å². The lowest BCUT2D eigenvalue weighted by Gasteiger charge is -2.23. The zero-order valence-corrected chi connectivity index (χ0v) is 15.3. The fourth-order valence-corrected chi connectivity index (χ4v) is 2.84. The van der Waals surface area contributed by atoms with E-state index in [1.807, 2.05) is 30.0 Å². The van der Waals surface area contributed by atoms with Gasteiger partial charge in [0, 0.05) is 37.7 Å². The molecule has 2 aromatic heterocycles. The predicted molar refractivity (Wildman–Crippen MR) is 103 cm³/mol. The van der Waals surface area contributed by atoms with Gasteiger partial charge in [-0.25, -0.2) is 4.98 Å². The second-order valence-corrected chi connectivity index (χ2v) is 6.08. The molecular formula is C20H27N3O3. The van der Waals surface area contributed by atoms with E-state index in [-0.39, 0.29) is 11.5 Å². The number of hydrogen-bond donors (Lipinski definition) is 1. The van der Waals surface area contributed by atoms with E-state index >= 15 is 0 Å². The summed E-state index contributed by atoms with van der Waals surface area (Å²) in [5.41, 5.74) is -0.0319. The molecule has 0 aromatic carbocycles. The Morgan fingerprint density at radius 1 is 1.23 bits per heavy atom. The maximum atomic E-state index is 11.7. The standard InChI is InChI=1S/C20H27N3O3/c1-2-26-18(16-24)9-5-3-4-8-14-23(19-10-6-7-12-21-19)20-15-17(25)11-13-22-20/h6-7,10-13,15-16,18H,2-5,8-9,14H2,1H3,(H,22,25). The first-order valence-electron chi connectivity index (χ1n) is 9.18. The summed E-state index contributed by atoms with van der Waals surface area (Å²) in [5, 5.41) is 0. The molecule has 0 saturated carbocycles. The highest BCUT2D eigenvalue weighted by Crippen LogP contribution is 2.20. The zero-order chi connectivity index (χ0) is 18.6. The van der Waals surface area contributed by atoms with E-state index < -0.39 is 0 Å². The molecule has 1 N–H and O–H groups in total. The molecule has 0 aliphatic rings. The minimum Gasteiger partial charge on any atom is -0.371 e. The van der Waals surface area contributed by atoms with E-state index in [0.717, 1.165) is 56.6 Å².